The number of rotatable bonds is 6. The molecule has 3 amide bonds. The van der Waals surface area contributed by atoms with Crippen molar-refractivity contribution in [3.05, 3.63) is 71.8 Å². The number of fused-ring (bicyclic) bond motifs is 1. The van der Waals surface area contributed by atoms with Gasteiger partial charge in [-0.25, -0.2) is 4.79 Å². The number of carbonyl (C=O) groups is 3. The number of urea groups is 1. The molecule has 2 saturated heterocycles. The van der Waals surface area contributed by atoms with Gasteiger partial charge in [0.15, 0.2) is 17.8 Å². The average Bonchev–Trinajstić information content (AvgIpc) is 3.12. The summed E-state index contributed by atoms with van der Waals surface area (Å²) in [6, 6.07) is 17.7. The number of amides is 3. The second kappa shape index (κ2) is 8.36. The maximum atomic E-state index is 12.8. The number of benzene rings is 2. The van der Waals surface area contributed by atoms with E-state index in [0.717, 1.165) is 12.0 Å². The zero-order chi connectivity index (χ0) is 21.1. The number of imide groups is 1. The van der Waals surface area contributed by atoms with Crippen LogP contribution < -0.4 is 10.6 Å². The van der Waals surface area contributed by atoms with E-state index in [9.17, 15) is 14.4 Å². The number of nitrogens with zero attached hydrogens (tertiary/aromatic N) is 3. The molecule has 2 aromatic carbocycles. The fourth-order valence-electron chi connectivity index (χ4n) is 3.70. The van der Waals surface area contributed by atoms with E-state index in [4.69, 9.17) is 0 Å². The molecule has 4 rings (SSSR count). The van der Waals surface area contributed by atoms with Gasteiger partial charge in [0, 0.05) is 19.2 Å². The van der Waals surface area contributed by atoms with Crippen molar-refractivity contribution in [3.63, 3.8) is 0 Å². The number of guanidine groups is 1. The topological polar surface area (TPSA) is 94.1 Å². The van der Waals surface area contributed by atoms with E-state index in [-0.39, 0.29) is 12.3 Å². The van der Waals surface area contributed by atoms with Gasteiger partial charge in [0.25, 0.3) is 5.91 Å². The fraction of sp³-hybridized carbons (Fsp3) is 0.273. The number of nitrogens with one attached hydrogen (secondary N) is 2. The Morgan fingerprint density at radius 3 is 2.40 bits per heavy atom. The molecule has 0 bridgehead atoms. The summed E-state index contributed by atoms with van der Waals surface area (Å²) in [6.45, 7) is 0.471. The predicted octanol–water partition coefficient (Wildman–Crippen LogP) is 1.25. The maximum Gasteiger partial charge on any atom is 0.325 e. The van der Waals surface area contributed by atoms with E-state index in [1.165, 1.54) is 4.90 Å². The number of hydrogen-bond acceptors (Lipinski definition) is 4. The van der Waals surface area contributed by atoms with Gasteiger partial charge < -0.3 is 15.1 Å². The van der Waals surface area contributed by atoms with Crippen molar-refractivity contribution < 1.29 is 14.4 Å². The molecular formula is C22H23N5O3. The summed E-state index contributed by atoms with van der Waals surface area (Å²) in [5.74, 6) is -0.118. The van der Waals surface area contributed by atoms with Crippen LogP contribution in [0.25, 0.3) is 0 Å². The summed E-state index contributed by atoms with van der Waals surface area (Å²) < 4.78 is 0. The fourth-order valence-corrected chi connectivity index (χ4v) is 3.70. The first-order chi connectivity index (χ1) is 14.5. The Kier molecular flexibility index (Phi) is 5.47. The molecule has 2 aliphatic heterocycles. The Bertz CT molecular complexity index is 977. The van der Waals surface area contributed by atoms with Crippen molar-refractivity contribution in [3.8, 4) is 0 Å². The molecule has 8 nitrogen and oxygen atoms in total. The molecule has 0 aliphatic carbocycles. The SMILES string of the molecule is CN1C(=O)NC(=O)C2C1NC(=NCCc1ccccc1)N2CC(=O)c1ccccc1. The third-order valence-electron chi connectivity index (χ3n) is 5.33. The quantitative estimate of drug-likeness (QED) is 0.706. The summed E-state index contributed by atoms with van der Waals surface area (Å²) in [5, 5.41) is 5.51. The van der Waals surface area contributed by atoms with E-state index in [2.05, 4.69) is 15.6 Å². The van der Waals surface area contributed by atoms with Gasteiger partial charge in [-0.05, 0) is 12.0 Å². The van der Waals surface area contributed by atoms with Crippen LogP contribution in [0.3, 0.4) is 0 Å². The molecule has 8 heteroatoms. The summed E-state index contributed by atoms with van der Waals surface area (Å²) in [7, 11) is 1.61. The Labute approximate surface area is 174 Å². The molecule has 0 spiro atoms. The molecule has 2 fully saturated rings. The van der Waals surface area contributed by atoms with Crippen LogP contribution in [0.15, 0.2) is 65.7 Å². The van der Waals surface area contributed by atoms with Crippen molar-refractivity contribution in [2.24, 2.45) is 4.99 Å². The van der Waals surface area contributed by atoms with Gasteiger partial charge >= 0.3 is 6.03 Å². The largest absolute Gasteiger partial charge is 0.333 e. The molecule has 2 aliphatic rings. The highest BCUT2D eigenvalue weighted by Crippen LogP contribution is 2.21. The van der Waals surface area contributed by atoms with Gasteiger partial charge in [-0.2, -0.15) is 0 Å². The van der Waals surface area contributed by atoms with Crippen LogP contribution in [0.2, 0.25) is 0 Å². The van der Waals surface area contributed by atoms with Crippen LogP contribution in [0.1, 0.15) is 15.9 Å². The maximum absolute atomic E-state index is 12.8. The molecular weight excluding hydrogens is 382 g/mol. The Morgan fingerprint density at radius 1 is 1.03 bits per heavy atom. The number of aliphatic imine (C=N–C) groups is 1. The van der Waals surface area contributed by atoms with Crippen molar-refractivity contribution in [1.82, 2.24) is 20.4 Å². The van der Waals surface area contributed by atoms with Crippen LogP contribution in [-0.4, -0.2) is 65.8 Å². The first-order valence-electron chi connectivity index (χ1n) is 9.82. The van der Waals surface area contributed by atoms with Crippen LogP contribution in [0, 0.1) is 0 Å². The van der Waals surface area contributed by atoms with Crippen molar-refractivity contribution >= 4 is 23.7 Å². The number of ketones is 1. The zero-order valence-corrected chi connectivity index (χ0v) is 16.6. The van der Waals surface area contributed by atoms with Crippen molar-refractivity contribution in [1.29, 1.82) is 0 Å². The first-order valence-corrected chi connectivity index (χ1v) is 9.82. The smallest absolute Gasteiger partial charge is 0.325 e. The van der Waals surface area contributed by atoms with Gasteiger partial charge in [-0.3, -0.25) is 19.9 Å². The van der Waals surface area contributed by atoms with E-state index in [1.54, 1.807) is 36.2 Å². The standard InChI is InChI=1S/C22H23N5O3/c1-26-19-18(20(29)25-22(26)30)27(14-17(28)16-10-6-3-7-11-16)21(24-19)23-13-12-15-8-4-2-5-9-15/h2-11,18-19H,12-14H2,1H3,(H,23,24)(H,25,29,30). The lowest BCUT2D eigenvalue weighted by molar-refractivity contribution is -0.126. The van der Waals surface area contributed by atoms with Crippen LogP contribution in [0.5, 0.6) is 0 Å². The number of carbonyl (C=O) groups excluding carboxylic acids is 3. The lowest BCUT2D eigenvalue weighted by Crippen LogP contribution is -2.65. The molecule has 2 aromatic rings. The van der Waals surface area contributed by atoms with Gasteiger partial charge in [0.1, 0.15) is 6.17 Å². The number of Topliss-reactive ketones (excluding diaryl/α,β-unsaturated/α-hetero) is 1. The van der Waals surface area contributed by atoms with Gasteiger partial charge in [-0.15, -0.1) is 0 Å². The van der Waals surface area contributed by atoms with Crippen molar-refractivity contribution in [2.45, 2.75) is 18.6 Å². The Morgan fingerprint density at radius 2 is 1.70 bits per heavy atom. The van der Waals surface area contributed by atoms with Crippen LogP contribution >= 0.6 is 0 Å². The molecule has 0 radical (unpaired) electrons. The third-order valence-corrected chi connectivity index (χ3v) is 5.33. The molecule has 2 unspecified atom stereocenters. The van der Waals surface area contributed by atoms with Crippen molar-refractivity contribution in [2.75, 3.05) is 20.1 Å². The highest BCUT2D eigenvalue weighted by molar-refractivity contribution is 6.06. The summed E-state index contributed by atoms with van der Waals surface area (Å²) in [4.78, 5) is 45.2. The van der Waals surface area contributed by atoms with E-state index in [0.29, 0.717) is 18.1 Å². The van der Waals surface area contributed by atoms with Crippen LogP contribution in [0.4, 0.5) is 4.79 Å². The minimum absolute atomic E-state index is 0.0161. The second-order valence-electron chi connectivity index (χ2n) is 7.30. The molecule has 0 saturated carbocycles. The second-order valence-corrected chi connectivity index (χ2v) is 7.30. The lowest BCUT2D eigenvalue weighted by Gasteiger charge is -2.35. The van der Waals surface area contributed by atoms with Gasteiger partial charge in [0.05, 0.1) is 6.54 Å². The minimum Gasteiger partial charge on any atom is -0.333 e. The van der Waals surface area contributed by atoms with Crippen LogP contribution in [-0.2, 0) is 11.2 Å². The summed E-state index contributed by atoms with van der Waals surface area (Å²) in [6.07, 6.45) is 0.147. The van der Waals surface area contributed by atoms with E-state index in [1.807, 2.05) is 36.4 Å². The van der Waals surface area contributed by atoms with Gasteiger partial charge in [0.2, 0.25) is 0 Å². The number of likely N-dealkylation sites (N-methyl/N-ethyl adjacent to an activating group) is 1. The molecule has 30 heavy (non-hydrogen) atoms. The highest BCUT2D eigenvalue weighted by atomic mass is 16.2. The average molecular weight is 405 g/mol. The third kappa shape index (κ3) is 3.89. The minimum atomic E-state index is -0.726. The summed E-state index contributed by atoms with van der Waals surface area (Å²) >= 11 is 0. The van der Waals surface area contributed by atoms with Gasteiger partial charge in [-0.1, -0.05) is 60.7 Å². The highest BCUT2D eigenvalue weighted by Gasteiger charge is 2.50. The lowest BCUT2D eigenvalue weighted by atomic mass is 10.1. The number of hydrogen-bond donors (Lipinski definition) is 2. The molecule has 2 heterocycles. The predicted molar refractivity (Wildman–Crippen MR) is 112 cm³/mol. The molecule has 2 N–H and O–H groups in total. The normalized spacial score (nSPS) is 22.0. The zero-order valence-electron chi connectivity index (χ0n) is 16.6. The monoisotopic (exact) mass is 405 g/mol. The first kappa shape index (κ1) is 19.6. The Hall–Kier alpha value is -3.68. The molecule has 2 atom stereocenters. The Balaban J connectivity index is 1.57. The molecule has 154 valence electrons. The van der Waals surface area contributed by atoms with E-state index < -0.39 is 24.1 Å². The molecule has 0 aromatic heterocycles. The van der Waals surface area contributed by atoms with E-state index >= 15 is 0 Å². The summed E-state index contributed by atoms with van der Waals surface area (Å²) in [5.41, 5.74) is 1.71.